The van der Waals surface area contributed by atoms with E-state index in [1.54, 1.807) is 25.1 Å². The van der Waals surface area contributed by atoms with Crippen molar-refractivity contribution in [3.8, 4) is 0 Å². The number of hydrogen-bond acceptors (Lipinski definition) is 8. The summed E-state index contributed by atoms with van der Waals surface area (Å²) >= 11 is 0. The highest BCUT2D eigenvalue weighted by Crippen LogP contribution is 2.61. The number of hydrogen-bond donors (Lipinski definition) is 3. The van der Waals surface area contributed by atoms with Gasteiger partial charge in [-0.1, -0.05) is 87.5 Å². The van der Waals surface area contributed by atoms with Crippen molar-refractivity contribution in [1.29, 1.82) is 0 Å². The highest BCUT2D eigenvalue weighted by molar-refractivity contribution is 7.89. The van der Waals surface area contributed by atoms with Gasteiger partial charge in [-0.15, -0.1) is 0 Å². The first-order valence-electron chi connectivity index (χ1n) is 15.9. The fourth-order valence-electron chi connectivity index (χ4n) is 7.01. The van der Waals surface area contributed by atoms with Gasteiger partial charge in [0.2, 0.25) is 10.0 Å². The van der Waals surface area contributed by atoms with Crippen LogP contribution in [0, 0.1) is 6.92 Å². The first kappa shape index (κ1) is 32.8. The van der Waals surface area contributed by atoms with Gasteiger partial charge in [0.05, 0.1) is 21.7 Å². The Bertz CT molecular complexity index is 1710. The van der Waals surface area contributed by atoms with Gasteiger partial charge in [0.25, 0.3) is 0 Å². The molecule has 0 aliphatic carbocycles. The normalized spacial score (nSPS) is 20.4. The van der Waals surface area contributed by atoms with Crippen LogP contribution in [0.3, 0.4) is 0 Å². The Kier molecular flexibility index (Phi) is 9.79. The molecular formula is C35H45N5O4S. The predicted octanol–water partition coefficient (Wildman–Crippen LogP) is 6.66. The molecule has 4 aromatic rings. The topological polar surface area (TPSA) is 149 Å². The maximum Gasteiger partial charge on any atom is 0.238 e. The molecule has 2 aromatic carbocycles. The number of nitrogens with zero attached hydrogens (tertiary/aromatic N) is 3. The molecular weight excluding hydrogens is 586 g/mol. The minimum Gasteiger partial charge on any atom is -0.385 e. The molecule has 3 heterocycles. The fourth-order valence-corrected chi connectivity index (χ4v) is 7.55. The smallest absolute Gasteiger partial charge is 0.238 e. The third kappa shape index (κ3) is 6.29. The van der Waals surface area contributed by atoms with Gasteiger partial charge >= 0.3 is 0 Å². The third-order valence-electron chi connectivity index (χ3n) is 9.20. The Balaban J connectivity index is 1.68. The minimum atomic E-state index is -4.05. The molecule has 45 heavy (non-hydrogen) atoms. The molecule has 1 aliphatic rings. The second kappa shape index (κ2) is 13.4. The quantitative estimate of drug-likeness (QED) is 0.131. The standard InChI is InChI=1S/C35H45N5O4S/c1-4-6-7-8-9-13-17-27-18-14-19-33(38-27)40-30-21-20-28(45(37,42)43)23-29(30)34(36,24-31(41)32-22-25(3)39-44-32)35(40,5-2)26-15-11-10-12-16-26/h10-12,14-16,18-23,31,41H,4-9,13,17,24,36H2,1-3H3,(H2,37,42,43). The molecule has 1 aliphatic heterocycles. The number of sulfonamides is 1. The lowest BCUT2D eigenvalue weighted by Gasteiger charge is -2.49. The Morgan fingerprint density at radius 3 is 2.36 bits per heavy atom. The summed E-state index contributed by atoms with van der Waals surface area (Å²) < 4.78 is 30.7. The van der Waals surface area contributed by atoms with Gasteiger partial charge in [0.15, 0.2) is 5.76 Å². The van der Waals surface area contributed by atoms with Crippen molar-refractivity contribution in [1.82, 2.24) is 10.1 Å². The van der Waals surface area contributed by atoms with Crippen molar-refractivity contribution in [2.75, 3.05) is 4.90 Å². The third-order valence-corrected chi connectivity index (χ3v) is 10.1. The first-order chi connectivity index (χ1) is 21.5. The van der Waals surface area contributed by atoms with Crippen LogP contribution in [0.15, 0.2) is 82.2 Å². The summed E-state index contributed by atoms with van der Waals surface area (Å²) in [5, 5.41) is 21.2. The largest absolute Gasteiger partial charge is 0.385 e. The monoisotopic (exact) mass is 631 g/mol. The van der Waals surface area contributed by atoms with E-state index in [2.05, 4.69) is 30.0 Å². The van der Waals surface area contributed by atoms with E-state index >= 15 is 0 Å². The number of aromatic nitrogens is 2. The van der Waals surface area contributed by atoms with E-state index in [0.29, 0.717) is 29.2 Å². The second-order valence-corrected chi connectivity index (χ2v) is 13.8. The molecule has 3 unspecified atom stereocenters. The molecule has 0 spiro atoms. The number of unbranched alkanes of at least 4 members (excludes halogenated alkanes) is 5. The molecule has 240 valence electrons. The number of anilines is 2. The number of aryl methyl sites for hydroxylation is 2. The van der Waals surface area contributed by atoms with E-state index < -0.39 is 27.2 Å². The molecule has 0 fully saturated rings. The molecule has 5 rings (SSSR count). The average Bonchev–Trinajstić information content (AvgIpc) is 3.56. The number of benzene rings is 2. The van der Waals surface area contributed by atoms with E-state index in [4.69, 9.17) is 20.4 Å². The van der Waals surface area contributed by atoms with Crippen LogP contribution in [0.25, 0.3) is 0 Å². The van der Waals surface area contributed by atoms with E-state index in [-0.39, 0.29) is 17.1 Å². The maximum atomic E-state index is 12.6. The van der Waals surface area contributed by atoms with E-state index in [1.807, 2.05) is 42.5 Å². The Morgan fingerprint density at radius 2 is 1.69 bits per heavy atom. The number of rotatable bonds is 14. The van der Waals surface area contributed by atoms with Crippen molar-refractivity contribution >= 4 is 21.5 Å². The summed E-state index contributed by atoms with van der Waals surface area (Å²) in [6.45, 7) is 6.06. The summed E-state index contributed by atoms with van der Waals surface area (Å²) in [7, 11) is -4.05. The Hall–Kier alpha value is -3.57. The van der Waals surface area contributed by atoms with Crippen LogP contribution in [0.2, 0.25) is 0 Å². The molecule has 5 N–H and O–H groups in total. The molecule has 9 nitrogen and oxygen atoms in total. The van der Waals surface area contributed by atoms with E-state index in [1.165, 1.54) is 31.7 Å². The zero-order chi connectivity index (χ0) is 32.2. The van der Waals surface area contributed by atoms with Crippen molar-refractivity contribution in [3.63, 3.8) is 0 Å². The molecule has 0 saturated heterocycles. The fraction of sp³-hybridized carbons (Fsp3) is 0.429. The maximum absolute atomic E-state index is 12.6. The molecule has 0 bridgehead atoms. The summed E-state index contributed by atoms with van der Waals surface area (Å²) in [5.41, 5.74) is 9.12. The van der Waals surface area contributed by atoms with Gasteiger partial charge in [-0.2, -0.15) is 0 Å². The highest BCUT2D eigenvalue weighted by Gasteiger charge is 2.61. The molecule has 3 atom stereocenters. The van der Waals surface area contributed by atoms with Gasteiger partial charge in [-0.05, 0) is 67.6 Å². The predicted molar refractivity (Wildman–Crippen MR) is 176 cm³/mol. The number of primary sulfonamides is 1. The number of fused-ring (bicyclic) bond motifs is 1. The first-order valence-corrected chi connectivity index (χ1v) is 17.5. The summed E-state index contributed by atoms with van der Waals surface area (Å²) in [4.78, 5) is 7.25. The SMILES string of the molecule is CCCCCCCCc1cccc(N2c3ccc(S(N)(=O)=O)cc3C(N)(CC(O)c3cc(C)no3)C2(CC)c2ccccc2)n1. The van der Waals surface area contributed by atoms with Crippen LogP contribution in [0.5, 0.6) is 0 Å². The van der Waals surface area contributed by atoms with Crippen LogP contribution in [-0.4, -0.2) is 23.7 Å². The highest BCUT2D eigenvalue weighted by atomic mass is 32.2. The molecule has 10 heteroatoms. The molecule has 0 radical (unpaired) electrons. The molecule has 0 amide bonds. The van der Waals surface area contributed by atoms with E-state index in [0.717, 1.165) is 30.5 Å². The summed E-state index contributed by atoms with van der Waals surface area (Å²) in [5.74, 6) is 0.989. The lowest BCUT2D eigenvalue weighted by molar-refractivity contribution is 0.0750. The minimum absolute atomic E-state index is 0.0133. The van der Waals surface area contributed by atoms with Crippen molar-refractivity contribution in [3.05, 3.63) is 101 Å². The second-order valence-electron chi connectivity index (χ2n) is 12.2. The van der Waals surface area contributed by atoms with Crippen LogP contribution in [-0.2, 0) is 27.5 Å². The van der Waals surface area contributed by atoms with Gasteiger partial charge in [-0.25, -0.2) is 18.5 Å². The lowest BCUT2D eigenvalue weighted by Crippen LogP contribution is -2.59. The number of nitrogens with two attached hydrogens (primary N) is 2. The van der Waals surface area contributed by atoms with E-state index in [9.17, 15) is 13.5 Å². The van der Waals surface area contributed by atoms with Crippen LogP contribution in [0.1, 0.15) is 99.6 Å². The zero-order valence-corrected chi connectivity index (χ0v) is 27.3. The Labute approximate surface area is 266 Å². The van der Waals surface area contributed by atoms with Crippen molar-refractivity contribution in [2.45, 2.75) is 101 Å². The molecule has 2 aromatic heterocycles. The van der Waals surface area contributed by atoms with Crippen LogP contribution < -0.4 is 15.8 Å². The summed E-state index contributed by atoms with van der Waals surface area (Å²) in [6, 6.07) is 22.5. The molecule has 0 saturated carbocycles. The summed E-state index contributed by atoms with van der Waals surface area (Å²) in [6.07, 6.45) is 7.42. The number of pyridine rings is 1. The Morgan fingerprint density at radius 1 is 0.956 bits per heavy atom. The van der Waals surface area contributed by atoms with Gasteiger partial charge in [-0.3, -0.25) is 0 Å². The van der Waals surface area contributed by atoms with Gasteiger partial charge < -0.3 is 20.3 Å². The van der Waals surface area contributed by atoms with Crippen molar-refractivity contribution in [2.24, 2.45) is 10.9 Å². The van der Waals surface area contributed by atoms with Crippen LogP contribution in [0.4, 0.5) is 11.5 Å². The number of aliphatic hydroxyl groups excluding tert-OH is 1. The van der Waals surface area contributed by atoms with Gasteiger partial charge in [0, 0.05) is 23.9 Å². The van der Waals surface area contributed by atoms with Crippen LogP contribution >= 0.6 is 0 Å². The van der Waals surface area contributed by atoms with Crippen molar-refractivity contribution < 1.29 is 18.0 Å². The van der Waals surface area contributed by atoms with Gasteiger partial charge in [0.1, 0.15) is 11.9 Å². The zero-order valence-electron chi connectivity index (χ0n) is 26.4. The average molecular weight is 632 g/mol. The lowest BCUT2D eigenvalue weighted by atomic mass is 9.66. The number of aliphatic hydroxyl groups is 1.